The first-order valence-corrected chi connectivity index (χ1v) is 15.0. The van der Waals surface area contributed by atoms with Crippen LogP contribution < -0.4 is 25.8 Å². The van der Waals surface area contributed by atoms with Crippen molar-refractivity contribution in [1.82, 2.24) is 24.8 Å². The van der Waals surface area contributed by atoms with Crippen LogP contribution in [0.3, 0.4) is 0 Å². The molecule has 5 heterocycles. The molecule has 0 radical (unpaired) electrons. The quantitative estimate of drug-likeness (QED) is 0.335. The molecule has 2 aliphatic heterocycles. The molecule has 0 spiro atoms. The monoisotopic (exact) mass is 593 g/mol. The van der Waals surface area contributed by atoms with E-state index in [-0.39, 0.29) is 27.4 Å². The molecule has 3 aliphatic rings. The van der Waals surface area contributed by atoms with Gasteiger partial charge in [-0.05, 0) is 64.7 Å². The van der Waals surface area contributed by atoms with Gasteiger partial charge in [0.05, 0.1) is 28.5 Å². The van der Waals surface area contributed by atoms with E-state index in [2.05, 4.69) is 30.5 Å². The fraction of sp³-hybridized carbons (Fsp3) is 0.483. The smallest absolute Gasteiger partial charge is 0.413 e. The summed E-state index contributed by atoms with van der Waals surface area (Å²) in [5.41, 5.74) is 1.08. The number of hydrogen-bond acceptors (Lipinski definition) is 10. The molecule has 1 amide bonds. The van der Waals surface area contributed by atoms with Gasteiger partial charge in [-0.1, -0.05) is 11.3 Å². The SMILES string of the molecule is COc1nc(N2CC3CCC(C2)N3)c2c(=O)n(C3CC3)c(-c3ccc(F)c4sc(NC(=O)OC(C)(C)C)nc34)cc2n1. The van der Waals surface area contributed by atoms with Crippen molar-refractivity contribution in [2.45, 2.75) is 70.2 Å². The lowest BCUT2D eigenvalue weighted by atomic mass is 10.1. The fourth-order valence-electron chi connectivity index (χ4n) is 6.00. The summed E-state index contributed by atoms with van der Waals surface area (Å²) in [4.78, 5) is 42.8. The second-order valence-electron chi connectivity index (χ2n) is 12.2. The predicted octanol–water partition coefficient (Wildman–Crippen LogP) is 4.84. The number of amides is 1. The summed E-state index contributed by atoms with van der Waals surface area (Å²) >= 11 is 1.01. The Morgan fingerprint density at radius 3 is 2.52 bits per heavy atom. The molecular weight excluding hydrogens is 561 g/mol. The number of aromatic nitrogens is 4. The van der Waals surface area contributed by atoms with Gasteiger partial charge in [-0.15, -0.1) is 0 Å². The molecule has 3 aromatic heterocycles. The van der Waals surface area contributed by atoms with Gasteiger partial charge in [-0.3, -0.25) is 10.1 Å². The zero-order chi connectivity index (χ0) is 29.3. The van der Waals surface area contributed by atoms with Crippen LogP contribution in [0.5, 0.6) is 6.01 Å². The Bertz CT molecular complexity index is 1780. The molecule has 11 nitrogen and oxygen atoms in total. The number of fused-ring (bicyclic) bond motifs is 4. The van der Waals surface area contributed by atoms with E-state index in [0.717, 1.165) is 50.1 Å². The average molecular weight is 594 g/mol. The minimum absolute atomic E-state index is 0.00384. The average Bonchev–Trinajstić information content (AvgIpc) is 3.59. The number of pyridine rings is 1. The van der Waals surface area contributed by atoms with Crippen molar-refractivity contribution in [1.29, 1.82) is 0 Å². The van der Waals surface area contributed by atoms with Crippen molar-refractivity contribution in [3.8, 4) is 17.3 Å². The first kappa shape index (κ1) is 27.0. The molecule has 1 saturated carbocycles. The number of methoxy groups -OCH3 is 1. The van der Waals surface area contributed by atoms with Crippen molar-refractivity contribution >= 4 is 49.5 Å². The highest BCUT2D eigenvalue weighted by molar-refractivity contribution is 7.22. The molecule has 1 aromatic carbocycles. The Hall–Kier alpha value is -3.84. The van der Waals surface area contributed by atoms with Crippen LogP contribution in [0.25, 0.3) is 32.4 Å². The number of carbonyl (C=O) groups excluding carboxylic acids is 1. The summed E-state index contributed by atoms with van der Waals surface area (Å²) in [5, 5.41) is 6.90. The Kier molecular flexibility index (Phi) is 6.35. The van der Waals surface area contributed by atoms with Gasteiger partial charge in [0.2, 0.25) is 0 Å². The van der Waals surface area contributed by atoms with Gasteiger partial charge in [0, 0.05) is 36.8 Å². The maximum Gasteiger partial charge on any atom is 0.413 e. The number of ether oxygens (including phenoxy) is 2. The number of hydrogen-bond donors (Lipinski definition) is 2. The van der Waals surface area contributed by atoms with Gasteiger partial charge in [-0.2, -0.15) is 9.97 Å². The van der Waals surface area contributed by atoms with E-state index in [1.165, 1.54) is 13.2 Å². The zero-order valence-corrected chi connectivity index (χ0v) is 24.7. The molecule has 220 valence electrons. The molecule has 13 heteroatoms. The van der Waals surface area contributed by atoms with Gasteiger partial charge in [-0.25, -0.2) is 14.2 Å². The van der Waals surface area contributed by atoms with E-state index in [1.54, 1.807) is 31.4 Å². The lowest BCUT2D eigenvalue weighted by Crippen LogP contribution is -2.51. The molecule has 7 rings (SSSR count). The number of nitrogens with one attached hydrogen (secondary N) is 2. The van der Waals surface area contributed by atoms with Crippen LogP contribution in [0.2, 0.25) is 0 Å². The topological polar surface area (TPSA) is 124 Å². The van der Waals surface area contributed by atoms with E-state index in [9.17, 15) is 9.59 Å². The van der Waals surface area contributed by atoms with Crippen LogP contribution >= 0.6 is 11.3 Å². The van der Waals surface area contributed by atoms with Gasteiger partial charge < -0.3 is 24.3 Å². The van der Waals surface area contributed by atoms with E-state index in [1.807, 2.05) is 6.07 Å². The third kappa shape index (κ3) is 4.83. The fourth-order valence-corrected chi connectivity index (χ4v) is 6.89. The maximum absolute atomic E-state index is 15.0. The molecule has 4 aromatic rings. The third-order valence-corrected chi connectivity index (χ3v) is 8.83. The Morgan fingerprint density at radius 2 is 1.86 bits per heavy atom. The summed E-state index contributed by atoms with van der Waals surface area (Å²) in [7, 11) is 1.51. The number of carbonyl (C=O) groups is 1. The normalized spacial score (nSPS) is 20.4. The molecule has 42 heavy (non-hydrogen) atoms. The number of anilines is 2. The summed E-state index contributed by atoms with van der Waals surface area (Å²) < 4.78 is 27.9. The van der Waals surface area contributed by atoms with Crippen molar-refractivity contribution in [2.75, 3.05) is 30.4 Å². The summed E-state index contributed by atoms with van der Waals surface area (Å²) in [6.45, 7) is 6.78. The molecule has 3 fully saturated rings. The highest BCUT2D eigenvalue weighted by Gasteiger charge is 2.36. The van der Waals surface area contributed by atoms with E-state index in [4.69, 9.17) is 9.47 Å². The van der Waals surface area contributed by atoms with E-state index in [0.29, 0.717) is 45.6 Å². The van der Waals surface area contributed by atoms with Crippen molar-refractivity contribution in [3.63, 3.8) is 0 Å². The largest absolute Gasteiger partial charge is 0.467 e. The third-order valence-electron chi connectivity index (χ3n) is 7.85. The molecular formula is C29H32FN7O4S. The van der Waals surface area contributed by atoms with E-state index >= 15 is 4.39 Å². The van der Waals surface area contributed by atoms with Crippen LogP contribution in [-0.4, -0.2) is 63.5 Å². The lowest BCUT2D eigenvalue weighted by Gasteiger charge is -2.34. The van der Waals surface area contributed by atoms with E-state index < -0.39 is 17.5 Å². The zero-order valence-electron chi connectivity index (χ0n) is 23.9. The number of piperazine rings is 1. The van der Waals surface area contributed by atoms with Crippen LogP contribution in [0, 0.1) is 5.82 Å². The minimum atomic E-state index is -0.700. The highest BCUT2D eigenvalue weighted by atomic mass is 32.1. The molecule has 2 bridgehead atoms. The van der Waals surface area contributed by atoms with Crippen molar-refractivity contribution < 1.29 is 18.7 Å². The van der Waals surface area contributed by atoms with Crippen LogP contribution in [-0.2, 0) is 4.74 Å². The molecule has 2 N–H and O–H groups in total. The number of thiazole rings is 1. The maximum atomic E-state index is 15.0. The molecule has 1 aliphatic carbocycles. The molecule has 2 saturated heterocycles. The minimum Gasteiger partial charge on any atom is -0.467 e. The van der Waals surface area contributed by atoms with Gasteiger partial charge in [0.1, 0.15) is 22.6 Å². The highest BCUT2D eigenvalue weighted by Crippen LogP contribution is 2.42. The predicted molar refractivity (Wildman–Crippen MR) is 159 cm³/mol. The first-order valence-electron chi connectivity index (χ1n) is 14.2. The molecule has 2 unspecified atom stereocenters. The summed E-state index contributed by atoms with van der Waals surface area (Å²) in [6.07, 6.45) is 3.22. The number of rotatable bonds is 5. The van der Waals surface area contributed by atoms with Crippen LogP contribution in [0.1, 0.15) is 52.5 Å². The van der Waals surface area contributed by atoms with Crippen molar-refractivity contribution in [3.05, 3.63) is 34.4 Å². The summed E-state index contributed by atoms with van der Waals surface area (Å²) in [6, 6.07) is 5.73. The van der Waals surface area contributed by atoms with Crippen LogP contribution in [0.15, 0.2) is 23.0 Å². The Morgan fingerprint density at radius 1 is 1.12 bits per heavy atom. The first-order chi connectivity index (χ1) is 20.1. The van der Waals surface area contributed by atoms with Gasteiger partial charge in [0.25, 0.3) is 5.56 Å². The number of nitrogens with zero attached hydrogens (tertiary/aromatic N) is 5. The molecule has 2 atom stereocenters. The standard InChI is InChI=1S/C29H32FN7O4S/c1-29(2,3)41-28(39)35-27-33-22-17(9-10-18(30)23(22)42-27)20-11-19-21(25(38)37(20)16-7-8-16)24(34-26(32-19)40-4)36-12-14-5-6-15(13-36)31-14/h9-11,14-16,31H,5-8,12-13H2,1-4H3,(H,33,35,39). The number of halogens is 1. The van der Waals surface area contributed by atoms with Gasteiger partial charge in [0.15, 0.2) is 5.13 Å². The van der Waals surface area contributed by atoms with Gasteiger partial charge >= 0.3 is 12.1 Å². The Balaban J connectivity index is 1.39. The lowest BCUT2D eigenvalue weighted by molar-refractivity contribution is 0.0636. The Labute approximate surface area is 245 Å². The summed E-state index contributed by atoms with van der Waals surface area (Å²) in [5.74, 6) is 0.118. The number of benzene rings is 1. The second-order valence-corrected chi connectivity index (χ2v) is 13.2. The van der Waals surface area contributed by atoms with Crippen LogP contribution in [0.4, 0.5) is 20.1 Å². The second kappa shape index (κ2) is 9.87. The van der Waals surface area contributed by atoms with Crippen molar-refractivity contribution in [2.24, 2.45) is 0 Å².